The maximum Gasteiger partial charge on any atom is 0.255 e. The number of aromatic amines is 1. The van der Waals surface area contributed by atoms with E-state index < -0.39 is 0 Å². The molecule has 4 rings (SSSR count). The van der Waals surface area contributed by atoms with Crippen LogP contribution in [-0.2, 0) is 17.8 Å². The van der Waals surface area contributed by atoms with Crippen LogP contribution in [0.5, 0.6) is 5.75 Å². The molecule has 192 valence electrons. The van der Waals surface area contributed by atoms with Crippen LogP contribution in [0.2, 0.25) is 0 Å². The van der Waals surface area contributed by atoms with Crippen molar-refractivity contribution >= 4 is 22.7 Å². The summed E-state index contributed by atoms with van der Waals surface area (Å²) >= 11 is 0. The predicted molar refractivity (Wildman–Crippen MR) is 145 cm³/mol. The van der Waals surface area contributed by atoms with Crippen molar-refractivity contribution in [3.8, 4) is 5.75 Å². The molecular formula is C30H34N4O3. The Hall–Kier alpha value is -4.13. The normalized spacial score (nSPS) is 10.9. The number of nitrogens with zero attached hydrogens (tertiary/aromatic N) is 3. The Morgan fingerprint density at radius 2 is 1.76 bits per heavy atom. The van der Waals surface area contributed by atoms with E-state index in [1.807, 2.05) is 53.6 Å². The molecular weight excluding hydrogens is 464 g/mol. The molecule has 0 radical (unpaired) electrons. The number of fused-ring (bicyclic) bond motifs is 1. The van der Waals surface area contributed by atoms with Crippen LogP contribution < -0.4 is 4.74 Å². The van der Waals surface area contributed by atoms with E-state index in [2.05, 4.69) is 23.0 Å². The Morgan fingerprint density at radius 1 is 0.946 bits per heavy atom. The van der Waals surface area contributed by atoms with Crippen LogP contribution in [-0.4, -0.2) is 58.3 Å². The van der Waals surface area contributed by atoms with Gasteiger partial charge in [-0.3, -0.25) is 14.6 Å². The van der Waals surface area contributed by atoms with Crippen LogP contribution >= 0.6 is 0 Å². The van der Waals surface area contributed by atoms with Gasteiger partial charge in [0.25, 0.3) is 5.91 Å². The molecule has 0 aliphatic rings. The number of para-hydroxylation sites is 2. The summed E-state index contributed by atoms with van der Waals surface area (Å²) in [6.45, 7) is 3.51. The van der Waals surface area contributed by atoms with Gasteiger partial charge in [0.1, 0.15) is 12.3 Å². The number of nitrogens with one attached hydrogen (secondary N) is 1. The molecule has 7 nitrogen and oxygen atoms in total. The fourth-order valence-electron chi connectivity index (χ4n) is 4.46. The average Bonchev–Trinajstić information content (AvgIpc) is 3.36. The summed E-state index contributed by atoms with van der Waals surface area (Å²) in [6.07, 6.45) is 7.64. The molecule has 1 N–H and O–H groups in total. The lowest BCUT2D eigenvalue weighted by Gasteiger charge is -2.28. The molecule has 0 aliphatic carbocycles. The summed E-state index contributed by atoms with van der Waals surface area (Å²) in [5.74, 6) is 0.463. The number of aromatic nitrogens is 2. The van der Waals surface area contributed by atoms with Gasteiger partial charge in [0.05, 0.1) is 12.7 Å². The summed E-state index contributed by atoms with van der Waals surface area (Å²) in [5, 5.41) is 1.16. The lowest BCUT2D eigenvalue weighted by Crippen LogP contribution is -2.43. The molecule has 0 spiro atoms. The van der Waals surface area contributed by atoms with Crippen molar-refractivity contribution in [3.63, 3.8) is 0 Å². The van der Waals surface area contributed by atoms with E-state index in [1.165, 1.54) is 0 Å². The van der Waals surface area contributed by atoms with Crippen molar-refractivity contribution in [2.45, 2.75) is 32.7 Å². The Bertz CT molecular complexity index is 1320. The number of unbranched alkanes of at least 4 members (excludes halogenated alkanes) is 1. The van der Waals surface area contributed by atoms with Crippen LogP contribution in [0.3, 0.4) is 0 Å². The van der Waals surface area contributed by atoms with Gasteiger partial charge in [-0.15, -0.1) is 0 Å². The van der Waals surface area contributed by atoms with E-state index in [1.54, 1.807) is 36.5 Å². The van der Waals surface area contributed by atoms with E-state index in [0.29, 0.717) is 31.6 Å². The number of benzene rings is 2. The van der Waals surface area contributed by atoms with E-state index in [0.717, 1.165) is 40.6 Å². The summed E-state index contributed by atoms with van der Waals surface area (Å²) in [7, 11) is 1.63. The Balaban J connectivity index is 1.56. The van der Waals surface area contributed by atoms with Gasteiger partial charge in [0.15, 0.2) is 0 Å². The molecule has 2 heterocycles. The maximum absolute atomic E-state index is 13.7. The Kier molecular flexibility index (Phi) is 8.92. The minimum Gasteiger partial charge on any atom is -0.496 e. The molecule has 7 heteroatoms. The molecule has 37 heavy (non-hydrogen) atoms. The van der Waals surface area contributed by atoms with Crippen molar-refractivity contribution in [1.82, 2.24) is 19.8 Å². The Morgan fingerprint density at radius 3 is 2.54 bits per heavy atom. The molecule has 2 aromatic carbocycles. The lowest BCUT2D eigenvalue weighted by atomic mass is 10.1. The van der Waals surface area contributed by atoms with E-state index in [9.17, 15) is 9.59 Å². The molecule has 0 saturated carbocycles. The second kappa shape index (κ2) is 12.7. The smallest absolute Gasteiger partial charge is 0.255 e. The van der Waals surface area contributed by atoms with Gasteiger partial charge >= 0.3 is 0 Å². The van der Waals surface area contributed by atoms with Crippen molar-refractivity contribution in [2.75, 3.05) is 26.7 Å². The number of H-pyrrole nitrogens is 1. The largest absolute Gasteiger partial charge is 0.496 e. The summed E-state index contributed by atoms with van der Waals surface area (Å²) in [6, 6.07) is 19.4. The number of hydrogen-bond donors (Lipinski definition) is 1. The van der Waals surface area contributed by atoms with Crippen LogP contribution in [0.1, 0.15) is 41.3 Å². The monoisotopic (exact) mass is 498 g/mol. The summed E-state index contributed by atoms with van der Waals surface area (Å²) < 4.78 is 5.55. The number of amides is 2. The minimum absolute atomic E-state index is 0.0107. The fourth-order valence-corrected chi connectivity index (χ4v) is 4.46. The van der Waals surface area contributed by atoms with Gasteiger partial charge in [-0.25, -0.2) is 0 Å². The SMILES string of the molecule is CCCCN(CC(=O)N(CCc1c[nH]c2ccccc12)Cc1ccccc1OC)C(=O)c1cccnc1. The highest BCUT2D eigenvalue weighted by molar-refractivity contribution is 5.96. The highest BCUT2D eigenvalue weighted by Crippen LogP contribution is 2.22. The molecule has 2 amide bonds. The summed E-state index contributed by atoms with van der Waals surface area (Å²) in [4.78, 5) is 37.9. The lowest BCUT2D eigenvalue weighted by molar-refractivity contribution is -0.132. The number of pyridine rings is 1. The average molecular weight is 499 g/mol. The minimum atomic E-state index is -0.177. The third-order valence-corrected chi connectivity index (χ3v) is 6.54. The Labute approximate surface area is 218 Å². The van der Waals surface area contributed by atoms with Gasteiger partial charge in [0.2, 0.25) is 5.91 Å². The van der Waals surface area contributed by atoms with Crippen LogP contribution in [0, 0.1) is 0 Å². The third-order valence-electron chi connectivity index (χ3n) is 6.54. The van der Waals surface area contributed by atoms with Crippen LogP contribution in [0.25, 0.3) is 10.9 Å². The molecule has 4 aromatic rings. The number of methoxy groups -OCH3 is 1. The fraction of sp³-hybridized carbons (Fsp3) is 0.300. The maximum atomic E-state index is 13.7. The molecule has 0 fully saturated rings. The highest BCUT2D eigenvalue weighted by Gasteiger charge is 2.23. The molecule has 2 aromatic heterocycles. The zero-order valence-electron chi connectivity index (χ0n) is 21.5. The number of hydrogen-bond acceptors (Lipinski definition) is 4. The highest BCUT2D eigenvalue weighted by atomic mass is 16.5. The van der Waals surface area contributed by atoms with Crippen LogP contribution in [0.15, 0.2) is 79.3 Å². The predicted octanol–water partition coefficient (Wildman–Crippen LogP) is 5.09. The first kappa shape index (κ1) is 25.9. The van der Waals surface area contributed by atoms with Crippen molar-refractivity contribution in [2.24, 2.45) is 0 Å². The van der Waals surface area contributed by atoms with E-state index in [4.69, 9.17) is 4.74 Å². The standard InChI is InChI=1S/C30H34N4O3/c1-3-4-17-34(30(36)24-11-9-16-31-19-24)22-29(35)33(21-25-10-5-8-14-28(25)37-2)18-15-23-20-32-27-13-7-6-12-26(23)27/h5-14,16,19-20,32H,3-4,15,17-18,21-22H2,1-2H3. The number of rotatable bonds is 12. The number of carbonyl (C=O) groups excluding carboxylic acids is 2. The zero-order chi connectivity index (χ0) is 26.0. The van der Waals surface area contributed by atoms with Crippen molar-refractivity contribution in [1.29, 1.82) is 0 Å². The topological polar surface area (TPSA) is 78.5 Å². The van der Waals surface area contributed by atoms with Gasteiger partial charge < -0.3 is 19.5 Å². The van der Waals surface area contributed by atoms with Crippen molar-refractivity contribution < 1.29 is 14.3 Å². The molecule has 0 bridgehead atoms. The third kappa shape index (κ3) is 6.55. The number of ether oxygens (including phenoxy) is 1. The first-order chi connectivity index (χ1) is 18.1. The first-order valence-electron chi connectivity index (χ1n) is 12.7. The molecule has 0 saturated heterocycles. The van der Waals surface area contributed by atoms with E-state index >= 15 is 0 Å². The second-order valence-corrected chi connectivity index (χ2v) is 9.06. The van der Waals surface area contributed by atoms with E-state index in [-0.39, 0.29) is 18.4 Å². The van der Waals surface area contributed by atoms with Gasteiger partial charge in [0, 0.05) is 54.7 Å². The van der Waals surface area contributed by atoms with Crippen molar-refractivity contribution in [3.05, 3.63) is 95.9 Å². The zero-order valence-corrected chi connectivity index (χ0v) is 21.5. The quantitative estimate of drug-likeness (QED) is 0.295. The first-order valence-corrected chi connectivity index (χ1v) is 12.7. The molecule has 0 aliphatic heterocycles. The molecule has 0 unspecified atom stereocenters. The van der Waals surface area contributed by atoms with Gasteiger partial charge in [-0.2, -0.15) is 0 Å². The van der Waals surface area contributed by atoms with Gasteiger partial charge in [-0.1, -0.05) is 49.7 Å². The number of carbonyl (C=O) groups is 2. The second-order valence-electron chi connectivity index (χ2n) is 9.06. The van der Waals surface area contributed by atoms with Gasteiger partial charge in [-0.05, 0) is 42.7 Å². The summed E-state index contributed by atoms with van der Waals surface area (Å²) in [5.41, 5.74) is 3.65. The molecule has 0 atom stereocenters. The van der Waals surface area contributed by atoms with Crippen LogP contribution in [0.4, 0.5) is 0 Å².